The van der Waals surface area contributed by atoms with Crippen LogP contribution in [0.2, 0.25) is 10.0 Å². The van der Waals surface area contributed by atoms with E-state index in [1.54, 1.807) is 42.5 Å². The molecule has 0 saturated carbocycles. The molecule has 0 unspecified atom stereocenters. The van der Waals surface area contributed by atoms with Crippen LogP contribution in [0.25, 0.3) is 28.0 Å². The molecular weight excluding hydrogens is 498 g/mol. The smallest absolute Gasteiger partial charge is 0.417 e. The number of rotatable bonds is 8. The summed E-state index contributed by atoms with van der Waals surface area (Å²) in [6, 6.07) is 12.7. The Hall–Kier alpha value is -2.77. The van der Waals surface area contributed by atoms with Gasteiger partial charge in [-0.15, -0.1) is 0 Å². The molecule has 0 amide bonds. The zero-order valence-electron chi connectivity index (χ0n) is 19.3. The lowest BCUT2D eigenvalue weighted by Crippen LogP contribution is -2.08. The maximum absolute atomic E-state index is 14.1. The molecule has 0 aliphatic rings. The van der Waals surface area contributed by atoms with Crippen LogP contribution < -0.4 is 4.74 Å². The van der Waals surface area contributed by atoms with Crippen LogP contribution in [0.15, 0.2) is 48.5 Å². The number of benzene rings is 2. The lowest BCUT2D eigenvalue weighted by atomic mass is 10.0. The third-order valence-corrected chi connectivity index (χ3v) is 6.42. The molecule has 4 nitrogen and oxygen atoms in total. The maximum Gasteiger partial charge on any atom is 0.417 e. The highest BCUT2D eigenvalue weighted by Crippen LogP contribution is 2.39. The van der Waals surface area contributed by atoms with Gasteiger partial charge in [-0.25, -0.2) is 9.67 Å². The topological polar surface area (TPSA) is 39.9 Å². The van der Waals surface area contributed by atoms with E-state index in [1.165, 1.54) is 11.6 Å². The van der Waals surface area contributed by atoms with Crippen LogP contribution in [-0.4, -0.2) is 21.4 Å². The lowest BCUT2D eigenvalue weighted by molar-refractivity contribution is -0.136. The summed E-state index contributed by atoms with van der Waals surface area (Å²) in [4.78, 5) is 4.58. The number of aryl methyl sites for hydroxylation is 1. The van der Waals surface area contributed by atoms with Crippen LogP contribution in [0, 0.1) is 6.92 Å². The van der Waals surface area contributed by atoms with E-state index in [1.807, 2.05) is 0 Å². The van der Waals surface area contributed by atoms with Gasteiger partial charge in [0.2, 0.25) is 0 Å². The largest absolute Gasteiger partial charge is 0.494 e. The molecule has 0 aliphatic heterocycles. The average Bonchev–Trinajstić information content (AvgIpc) is 3.16. The number of ether oxygens (including phenoxy) is 1. The lowest BCUT2D eigenvalue weighted by Gasteiger charge is -2.12. The molecule has 4 rings (SSSR count). The fourth-order valence-electron chi connectivity index (χ4n) is 3.90. The summed E-state index contributed by atoms with van der Waals surface area (Å²) in [5.41, 5.74) is 0.682. The second-order valence-corrected chi connectivity index (χ2v) is 9.09. The Morgan fingerprint density at radius 1 is 0.943 bits per heavy atom. The van der Waals surface area contributed by atoms with Crippen molar-refractivity contribution < 1.29 is 17.9 Å². The number of pyridine rings is 1. The van der Waals surface area contributed by atoms with Crippen LogP contribution in [-0.2, 0) is 6.18 Å². The molecule has 0 aliphatic carbocycles. The van der Waals surface area contributed by atoms with Crippen LogP contribution in [0.5, 0.6) is 5.75 Å². The number of fused-ring (bicyclic) bond motifs is 1. The van der Waals surface area contributed by atoms with Gasteiger partial charge in [0.15, 0.2) is 5.65 Å². The fraction of sp³-hybridized carbons (Fsp3) is 0.308. The van der Waals surface area contributed by atoms with E-state index in [2.05, 4.69) is 17.0 Å². The average molecular weight is 522 g/mol. The van der Waals surface area contributed by atoms with Crippen LogP contribution in [0.3, 0.4) is 0 Å². The highest BCUT2D eigenvalue weighted by atomic mass is 35.5. The van der Waals surface area contributed by atoms with Gasteiger partial charge in [0, 0.05) is 5.56 Å². The highest BCUT2D eigenvalue weighted by molar-refractivity contribution is 6.42. The van der Waals surface area contributed by atoms with E-state index in [0.717, 1.165) is 31.7 Å². The SMILES string of the molecule is CCCCCCOc1ccc(-c2cc(C(F)(F)F)c3c(C)nn(-c4ccc(Cl)c(Cl)c4)c3n2)cc1. The predicted octanol–water partition coefficient (Wildman–Crippen LogP) is 8.68. The number of nitrogens with zero attached hydrogens (tertiary/aromatic N) is 3. The van der Waals surface area contributed by atoms with Crippen LogP contribution >= 0.6 is 23.2 Å². The summed E-state index contributed by atoms with van der Waals surface area (Å²) in [7, 11) is 0. The van der Waals surface area contributed by atoms with Crippen molar-refractivity contribution in [3.8, 4) is 22.7 Å². The summed E-state index contributed by atoms with van der Waals surface area (Å²) in [6.07, 6.45) is -0.217. The molecule has 0 N–H and O–H groups in total. The first-order chi connectivity index (χ1) is 16.7. The van der Waals surface area contributed by atoms with Crippen molar-refractivity contribution in [3.63, 3.8) is 0 Å². The fourth-order valence-corrected chi connectivity index (χ4v) is 4.19. The molecule has 0 fully saturated rings. The second kappa shape index (κ2) is 10.5. The summed E-state index contributed by atoms with van der Waals surface area (Å²) < 4.78 is 49.4. The minimum atomic E-state index is -4.59. The van der Waals surface area contributed by atoms with Crippen molar-refractivity contribution in [2.45, 2.75) is 45.7 Å². The first kappa shape index (κ1) is 25.3. The van der Waals surface area contributed by atoms with Gasteiger partial charge in [-0.3, -0.25) is 0 Å². The molecule has 35 heavy (non-hydrogen) atoms. The van der Waals surface area contributed by atoms with Crippen molar-refractivity contribution in [2.24, 2.45) is 0 Å². The molecule has 184 valence electrons. The minimum Gasteiger partial charge on any atom is -0.494 e. The van der Waals surface area contributed by atoms with Gasteiger partial charge in [0.1, 0.15) is 5.75 Å². The van der Waals surface area contributed by atoms with Gasteiger partial charge in [0.05, 0.1) is 44.7 Å². The van der Waals surface area contributed by atoms with Gasteiger partial charge in [-0.1, -0.05) is 49.4 Å². The van der Waals surface area contributed by atoms with Gasteiger partial charge < -0.3 is 4.74 Å². The zero-order valence-corrected chi connectivity index (χ0v) is 20.8. The second-order valence-electron chi connectivity index (χ2n) is 8.28. The first-order valence-electron chi connectivity index (χ1n) is 11.3. The van der Waals surface area contributed by atoms with E-state index in [4.69, 9.17) is 27.9 Å². The van der Waals surface area contributed by atoms with Gasteiger partial charge in [-0.05, 0) is 61.9 Å². The molecule has 2 aromatic carbocycles. The van der Waals surface area contributed by atoms with Gasteiger partial charge in [0.25, 0.3) is 0 Å². The molecule has 0 saturated heterocycles. The molecule has 0 spiro atoms. The monoisotopic (exact) mass is 521 g/mol. The molecule has 4 aromatic rings. The van der Waals surface area contributed by atoms with Gasteiger partial charge >= 0.3 is 6.18 Å². The standard InChI is InChI=1S/C26H24Cl2F3N3O/c1-3-4-5-6-13-35-19-10-7-17(8-11-19)23-15-20(26(29,30)31)24-16(2)33-34(25(24)32-23)18-9-12-21(27)22(28)14-18/h7-12,14-15H,3-6,13H2,1-2H3. The van der Waals surface area contributed by atoms with E-state index >= 15 is 0 Å². The minimum absolute atomic E-state index is 0.0562. The highest BCUT2D eigenvalue weighted by Gasteiger charge is 2.36. The van der Waals surface area contributed by atoms with Gasteiger partial charge in [-0.2, -0.15) is 18.3 Å². The van der Waals surface area contributed by atoms with Crippen molar-refractivity contribution in [1.82, 2.24) is 14.8 Å². The van der Waals surface area contributed by atoms with E-state index in [0.29, 0.717) is 28.6 Å². The van der Waals surface area contributed by atoms with Crippen LogP contribution in [0.1, 0.15) is 43.9 Å². The third-order valence-electron chi connectivity index (χ3n) is 5.68. The number of hydrogen-bond donors (Lipinski definition) is 0. The number of halogens is 5. The molecule has 9 heteroatoms. The molecule has 0 atom stereocenters. The normalized spacial score (nSPS) is 11.9. The number of aromatic nitrogens is 3. The molecule has 2 aromatic heterocycles. The quantitative estimate of drug-likeness (QED) is 0.217. The predicted molar refractivity (Wildman–Crippen MR) is 134 cm³/mol. The number of alkyl halides is 3. The first-order valence-corrected chi connectivity index (χ1v) is 12.1. The maximum atomic E-state index is 14.1. The summed E-state index contributed by atoms with van der Waals surface area (Å²) in [5, 5.41) is 4.89. The number of unbranched alkanes of at least 4 members (excludes halogenated alkanes) is 3. The summed E-state index contributed by atoms with van der Waals surface area (Å²) in [5.74, 6) is 0.666. The summed E-state index contributed by atoms with van der Waals surface area (Å²) >= 11 is 12.2. The molecule has 0 bridgehead atoms. The molecule has 2 heterocycles. The van der Waals surface area contributed by atoms with Crippen LogP contribution in [0.4, 0.5) is 13.2 Å². The van der Waals surface area contributed by atoms with Crippen molar-refractivity contribution in [1.29, 1.82) is 0 Å². The Morgan fingerprint density at radius 3 is 2.34 bits per heavy atom. The summed E-state index contributed by atoms with van der Waals surface area (Å²) in [6.45, 7) is 4.28. The molecular formula is C26H24Cl2F3N3O. The Bertz CT molecular complexity index is 1330. The third kappa shape index (κ3) is 5.57. The van der Waals surface area contributed by atoms with E-state index in [9.17, 15) is 13.2 Å². The Morgan fingerprint density at radius 2 is 1.69 bits per heavy atom. The van der Waals surface area contributed by atoms with Crippen molar-refractivity contribution >= 4 is 34.2 Å². The van der Waals surface area contributed by atoms with E-state index in [-0.39, 0.29) is 27.4 Å². The van der Waals surface area contributed by atoms with E-state index < -0.39 is 11.7 Å². The Kier molecular flexibility index (Phi) is 7.57. The van der Waals surface area contributed by atoms with Crippen molar-refractivity contribution in [3.05, 3.63) is 69.8 Å². The van der Waals surface area contributed by atoms with Crippen molar-refractivity contribution in [2.75, 3.05) is 6.61 Å². The Labute approximate surface area is 211 Å². The zero-order chi connectivity index (χ0) is 25.2. The Balaban J connectivity index is 1.75. The molecule has 0 radical (unpaired) electrons. The number of hydrogen-bond acceptors (Lipinski definition) is 3.